The molecule has 2 heterocycles. The summed E-state index contributed by atoms with van der Waals surface area (Å²) in [7, 11) is -3.51. The smallest absolute Gasteiger partial charge is 0.252 e. The lowest BCUT2D eigenvalue weighted by atomic mass is 9.97. The monoisotopic (exact) mass is 496 g/mol. The van der Waals surface area contributed by atoms with E-state index >= 15 is 0 Å². The number of nitrogens with zero attached hydrogens (tertiary/aromatic N) is 1. The Morgan fingerprint density at radius 1 is 1.19 bits per heavy atom. The van der Waals surface area contributed by atoms with Crippen LogP contribution in [-0.4, -0.2) is 31.7 Å². The van der Waals surface area contributed by atoms with Crippen molar-refractivity contribution in [2.45, 2.75) is 17.1 Å². The molecule has 0 saturated carbocycles. The summed E-state index contributed by atoms with van der Waals surface area (Å²) < 4.78 is 27.8. The van der Waals surface area contributed by atoms with Crippen molar-refractivity contribution in [2.24, 2.45) is 5.92 Å². The van der Waals surface area contributed by atoms with E-state index in [2.05, 4.69) is 21.2 Å². The number of thiophene rings is 1. The third kappa shape index (κ3) is 4.26. The van der Waals surface area contributed by atoms with Crippen LogP contribution in [0.5, 0.6) is 0 Å². The lowest BCUT2D eigenvalue weighted by Crippen LogP contribution is -2.41. The number of anilines is 1. The fourth-order valence-electron chi connectivity index (χ4n) is 2.76. The molecule has 1 N–H and O–H groups in total. The maximum absolute atomic E-state index is 12.6. The highest BCUT2D eigenvalue weighted by Gasteiger charge is 2.33. The molecule has 1 saturated heterocycles. The second-order valence-electron chi connectivity index (χ2n) is 5.83. The van der Waals surface area contributed by atoms with Crippen molar-refractivity contribution in [1.29, 1.82) is 0 Å². The number of amides is 1. The van der Waals surface area contributed by atoms with Crippen LogP contribution < -0.4 is 5.32 Å². The summed E-state index contributed by atoms with van der Waals surface area (Å²) in [4.78, 5) is 12.5. The molecular weight excluding hydrogens is 483 g/mol. The molecule has 1 aliphatic rings. The van der Waals surface area contributed by atoms with Gasteiger partial charge in [-0.3, -0.25) is 4.79 Å². The topological polar surface area (TPSA) is 66.5 Å². The van der Waals surface area contributed by atoms with Crippen LogP contribution in [0.3, 0.4) is 0 Å². The summed E-state index contributed by atoms with van der Waals surface area (Å²) in [5.41, 5.74) is 0.461. The first-order valence-corrected chi connectivity index (χ1v) is 11.6. The van der Waals surface area contributed by atoms with Crippen molar-refractivity contribution in [3.8, 4) is 0 Å². The Morgan fingerprint density at radius 2 is 1.88 bits per heavy atom. The van der Waals surface area contributed by atoms with Crippen LogP contribution in [0.4, 0.5) is 5.69 Å². The molecule has 0 unspecified atom stereocenters. The van der Waals surface area contributed by atoms with Crippen LogP contribution in [0.25, 0.3) is 0 Å². The molecule has 3 rings (SSSR count). The van der Waals surface area contributed by atoms with Crippen molar-refractivity contribution in [3.63, 3.8) is 0 Å². The second-order valence-corrected chi connectivity index (χ2v) is 11.2. The van der Waals surface area contributed by atoms with E-state index in [1.165, 1.54) is 15.6 Å². The zero-order valence-electron chi connectivity index (χ0n) is 13.4. The van der Waals surface area contributed by atoms with Crippen LogP contribution in [0, 0.1) is 5.92 Å². The highest BCUT2D eigenvalue weighted by molar-refractivity contribution is 9.11. The molecule has 1 fully saturated rings. The molecular formula is C16H15BrCl2N2O3S2. The fourth-order valence-corrected chi connectivity index (χ4v) is 6.74. The van der Waals surface area contributed by atoms with Crippen LogP contribution >= 0.6 is 50.5 Å². The molecule has 2 aromatic rings. The number of hydrogen-bond donors (Lipinski definition) is 1. The van der Waals surface area contributed by atoms with Gasteiger partial charge in [0.15, 0.2) is 0 Å². The van der Waals surface area contributed by atoms with Crippen LogP contribution in [-0.2, 0) is 14.8 Å². The number of carbonyl (C=O) groups excluding carboxylic acids is 1. The van der Waals surface area contributed by atoms with Gasteiger partial charge in [0.05, 0.1) is 19.5 Å². The Hall–Kier alpha value is -0.640. The van der Waals surface area contributed by atoms with Crippen molar-refractivity contribution in [3.05, 3.63) is 44.2 Å². The Bertz CT molecular complexity index is 925. The van der Waals surface area contributed by atoms with Crippen molar-refractivity contribution >= 4 is 72.1 Å². The normalized spacial score (nSPS) is 16.6. The van der Waals surface area contributed by atoms with Gasteiger partial charge in [-0.25, -0.2) is 8.42 Å². The van der Waals surface area contributed by atoms with E-state index in [0.29, 0.717) is 45.9 Å². The van der Waals surface area contributed by atoms with E-state index in [9.17, 15) is 13.2 Å². The lowest BCUT2D eigenvalue weighted by molar-refractivity contribution is -0.120. The highest BCUT2D eigenvalue weighted by Crippen LogP contribution is 2.32. The highest BCUT2D eigenvalue weighted by atomic mass is 79.9. The molecule has 0 atom stereocenters. The molecule has 10 heteroatoms. The average Bonchev–Trinajstić information content (AvgIpc) is 3.06. The van der Waals surface area contributed by atoms with Gasteiger partial charge in [0.2, 0.25) is 5.91 Å². The molecule has 1 aromatic heterocycles. The van der Waals surface area contributed by atoms with Gasteiger partial charge in [-0.15, -0.1) is 11.3 Å². The molecule has 140 valence electrons. The minimum atomic E-state index is -3.51. The molecule has 5 nitrogen and oxygen atoms in total. The number of nitrogens with one attached hydrogen (secondary N) is 1. The molecule has 1 amide bonds. The summed E-state index contributed by atoms with van der Waals surface area (Å²) >= 11 is 16.5. The Kier molecular flexibility index (Phi) is 6.31. The first kappa shape index (κ1) is 20.1. The summed E-state index contributed by atoms with van der Waals surface area (Å²) in [6, 6.07) is 8.33. The minimum Gasteiger partial charge on any atom is -0.324 e. The zero-order chi connectivity index (χ0) is 18.9. The van der Waals surface area contributed by atoms with E-state index in [0.717, 1.165) is 3.79 Å². The van der Waals surface area contributed by atoms with Gasteiger partial charge in [-0.2, -0.15) is 4.31 Å². The number of halogens is 3. The quantitative estimate of drug-likeness (QED) is 0.656. The number of benzene rings is 1. The number of sulfonamides is 1. The van der Waals surface area contributed by atoms with Gasteiger partial charge < -0.3 is 5.32 Å². The Morgan fingerprint density at radius 3 is 2.50 bits per heavy atom. The van der Waals surface area contributed by atoms with Crippen LogP contribution in [0.15, 0.2) is 38.3 Å². The van der Waals surface area contributed by atoms with Crippen LogP contribution in [0.2, 0.25) is 10.0 Å². The molecule has 1 aliphatic heterocycles. The summed E-state index contributed by atoms with van der Waals surface area (Å²) in [6.45, 7) is 0.610. The average molecular weight is 498 g/mol. The van der Waals surface area contributed by atoms with Crippen molar-refractivity contribution in [2.75, 3.05) is 18.4 Å². The molecule has 0 radical (unpaired) electrons. The maximum Gasteiger partial charge on any atom is 0.252 e. The van der Waals surface area contributed by atoms with E-state index in [1.807, 2.05) is 0 Å². The number of piperidine rings is 1. The third-order valence-corrected chi connectivity index (χ3v) is 8.99. The minimum absolute atomic E-state index is 0.176. The second kappa shape index (κ2) is 8.16. The molecule has 0 bridgehead atoms. The fraction of sp³-hybridized carbons (Fsp3) is 0.312. The van der Waals surface area contributed by atoms with Crippen molar-refractivity contribution < 1.29 is 13.2 Å². The largest absolute Gasteiger partial charge is 0.324 e. The molecule has 26 heavy (non-hydrogen) atoms. The number of rotatable bonds is 4. The molecule has 1 aromatic carbocycles. The standard InChI is InChI=1S/C16H15BrCl2N2O3S2/c17-13-4-5-14(25-13)26(23,24)21-8-6-10(7-9-21)16(22)20-12-3-1-2-11(18)15(12)19/h1-5,10H,6-9H2,(H,20,22). The number of hydrogen-bond acceptors (Lipinski definition) is 4. The van der Waals surface area contributed by atoms with E-state index in [-0.39, 0.29) is 11.8 Å². The van der Waals surface area contributed by atoms with E-state index < -0.39 is 10.0 Å². The van der Waals surface area contributed by atoms with E-state index in [4.69, 9.17) is 23.2 Å². The molecule has 0 spiro atoms. The SMILES string of the molecule is O=C(Nc1cccc(Cl)c1Cl)C1CCN(S(=O)(=O)c2ccc(Br)s2)CC1. The lowest BCUT2D eigenvalue weighted by Gasteiger charge is -2.30. The Labute approximate surface area is 174 Å². The third-order valence-electron chi connectivity index (χ3n) is 4.18. The predicted octanol–water partition coefficient (Wildman–Crippen LogP) is 4.86. The number of carbonyl (C=O) groups is 1. The summed E-state index contributed by atoms with van der Waals surface area (Å²) in [5, 5.41) is 3.45. The van der Waals surface area contributed by atoms with Gasteiger partial charge in [0, 0.05) is 19.0 Å². The summed E-state index contributed by atoms with van der Waals surface area (Å²) in [5.74, 6) is -0.448. The van der Waals surface area contributed by atoms with E-state index in [1.54, 1.807) is 30.3 Å². The van der Waals surface area contributed by atoms with Gasteiger partial charge in [-0.05, 0) is 53.0 Å². The zero-order valence-corrected chi connectivity index (χ0v) is 18.1. The van der Waals surface area contributed by atoms with Gasteiger partial charge in [0.1, 0.15) is 4.21 Å². The maximum atomic E-state index is 12.6. The van der Waals surface area contributed by atoms with Gasteiger partial charge in [0.25, 0.3) is 10.0 Å². The van der Waals surface area contributed by atoms with Gasteiger partial charge in [-0.1, -0.05) is 29.3 Å². The first-order chi connectivity index (χ1) is 12.3. The van der Waals surface area contributed by atoms with Crippen LogP contribution in [0.1, 0.15) is 12.8 Å². The first-order valence-electron chi connectivity index (χ1n) is 7.79. The Balaban J connectivity index is 1.63. The van der Waals surface area contributed by atoms with Gasteiger partial charge >= 0.3 is 0 Å². The predicted molar refractivity (Wildman–Crippen MR) is 109 cm³/mol. The summed E-state index contributed by atoms with van der Waals surface area (Å²) in [6.07, 6.45) is 0.908. The van der Waals surface area contributed by atoms with Crippen molar-refractivity contribution in [1.82, 2.24) is 4.31 Å². The molecule has 0 aliphatic carbocycles.